The fourth-order valence-corrected chi connectivity index (χ4v) is 4.73. The number of carbonyl (C=O) groups excluding carboxylic acids is 3. The number of esters is 2. The summed E-state index contributed by atoms with van der Waals surface area (Å²) in [6, 6.07) is 7.68. The number of likely N-dealkylation sites (tertiary alicyclic amines) is 1. The maximum Gasteiger partial charge on any atom is 0.337 e. The second kappa shape index (κ2) is 10.6. The topological polar surface area (TPSA) is 128 Å². The highest BCUT2D eigenvalue weighted by Crippen LogP contribution is 2.27. The van der Waals surface area contributed by atoms with Gasteiger partial charge in [0, 0.05) is 13.1 Å². The molecule has 1 aliphatic heterocycles. The average molecular weight is 491 g/mol. The van der Waals surface area contributed by atoms with Crippen LogP contribution in [0.4, 0.5) is 5.69 Å². The van der Waals surface area contributed by atoms with Crippen LogP contribution in [0.1, 0.15) is 50.3 Å². The lowest BCUT2D eigenvalue weighted by Crippen LogP contribution is -2.35. The van der Waals surface area contributed by atoms with E-state index in [-0.39, 0.29) is 38.9 Å². The van der Waals surface area contributed by atoms with E-state index in [0.29, 0.717) is 13.1 Å². The third-order valence-corrected chi connectivity index (χ3v) is 6.76. The van der Waals surface area contributed by atoms with Crippen molar-refractivity contribution in [3.63, 3.8) is 0 Å². The van der Waals surface area contributed by atoms with E-state index in [9.17, 15) is 22.8 Å². The Morgan fingerprint density at radius 1 is 0.853 bits per heavy atom. The van der Waals surface area contributed by atoms with Crippen molar-refractivity contribution in [1.82, 2.24) is 4.90 Å². The number of nitrogens with one attached hydrogen (secondary N) is 1. The number of hydrogen-bond acceptors (Lipinski definition) is 8. The third-order valence-electron chi connectivity index (χ3n) is 5.38. The Labute approximate surface area is 197 Å². The second-order valence-electron chi connectivity index (χ2n) is 7.60. The zero-order chi connectivity index (χ0) is 24.9. The number of amides is 1. The van der Waals surface area contributed by atoms with Crippen molar-refractivity contribution >= 4 is 33.6 Å². The van der Waals surface area contributed by atoms with Gasteiger partial charge in [0.2, 0.25) is 0 Å². The molecule has 1 N–H and O–H groups in total. The van der Waals surface area contributed by atoms with Gasteiger partial charge in [0.05, 0.1) is 48.6 Å². The van der Waals surface area contributed by atoms with Crippen LogP contribution in [0.15, 0.2) is 41.3 Å². The molecule has 2 aromatic rings. The maximum atomic E-state index is 13.1. The zero-order valence-corrected chi connectivity index (χ0v) is 19.9. The van der Waals surface area contributed by atoms with Crippen LogP contribution in [-0.4, -0.2) is 65.6 Å². The predicted molar refractivity (Wildman–Crippen MR) is 123 cm³/mol. The number of rotatable bonds is 7. The summed E-state index contributed by atoms with van der Waals surface area (Å²) in [5, 5.41) is 0. The minimum atomic E-state index is -4.20. The number of nitrogens with zero attached hydrogens (tertiary/aromatic N) is 1. The molecule has 0 aromatic heterocycles. The number of methoxy groups -OCH3 is 3. The fraction of sp³-hybridized carbons (Fsp3) is 0.348. The number of piperidine rings is 1. The number of carbonyl (C=O) groups is 3. The molecule has 1 fully saturated rings. The lowest BCUT2D eigenvalue weighted by atomic mass is 10.1. The summed E-state index contributed by atoms with van der Waals surface area (Å²) in [6.07, 6.45) is 2.80. The highest BCUT2D eigenvalue weighted by molar-refractivity contribution is 7.92. The molecule has 2 aromatic carbocycles. The van der Waals surface area contributed by atoms with Crippen LogP contribution in [-0.2, 0) is 19.5 Å². The first-order chi connectivity index (χ1) is 16.2. The van der Waals surface area contributed by atoms with Gasteiger partial charge < -0.3 is 19.1 Å². The number of anilines is 1. The van der Waals surface area contributed by atoms with Gasteiger partial charge in [0.1, 0.15) is 5.75 Å². The molecule has 1 saturated heterocycles. The van der Waals surface area contributed by atoms with Gasteiger partial charge in [-0.3, -0.25) is 9.52 Å². The highest BCUT2D eigenvalue weighted by atomic mass is 32.2. The number of hydrogen-bond donors (Lipinski definition) is 1. The largest absolute Gasteiger partial charge is 0.496 e. The molecule has 10 nitrogen and oxygen atoms in total. The Bertz CT molecular complexity index is 1170. The van der Waals surface area contributed by atoms with E-state index in [1.54, 1.807) is 4.90 Å². The molecule has 0 saturated carbocycles. The van der Waals surface area contributed by atoms with Crippen LogP contribution >= 0.6 is 0 Å². The summed E-state index contributed by atoms with van der Waals surface area (Å²) in [5.41, 5.74) is -0.00791. The van der Waals surface area contributed by atoms with Crippen molar-refractivity contribution in [2.75, 3.05) is 39.1 Å². The van der Waals surface area contributed by atoms with Crippen LogP contribution in [0.5, 0.6) is 5.75 Å². The van der Waals surface area contributed by atoms with Crippen LogP contribution in [0.2, 0.25) is 0 Å². The Balaban J connectivity index is 1.98. The quantitative estimate of drug-likeness (QED) is 0.587. The Kier molecular flexibility index (Phi) is 7.77. The molecule has 0 aliphatic carbocycles. The van der Waals surface area contributed by atoms with E-state index in [2.05, 4.69) is 14.2 Å². The first-order valence-corrected chi connectivity index (χ1v) is 12.0. The Morgan fingerprint density at radius 2 is 1.44 bits per heavy atom. The molecule has 11 heteroatoms. The molecular weight excluding hydrogens is 464 g/mol. The van der Waals surface area contributed by atoms with E-state index >= 15 is 0 Å². The zero-order valence-electron chi connectivity index (χ0n) is 19.1. The van der Waals surface area contributed by atoms with Gasteiger partial charge >= 0.3 is 11.9 Å². The van der Waals surface area contributed by atoms with E-state index in [1.165, 1.54) is 43.5 Å². The van der Waals surface area contributed by atoms with Crippen LogP contribution < -0.4 is 9.46 Å². The lowest BCUT2D eigenvalue weighted by molar-refractivity contribution is 0.0598. The minimum absolute atomic E-state index is 0.0428. The van der Waals surface area contributed by atoms with Crippen molar-refractivity contribution in [2.24, 2.45) is 0 Å². The molecule has 182 valence electrons. The van der Waals surface area contributed by atoms with E-state index < -0.39 is 22.0 Å². The van der Waals surface area contributed by atoms with Gasteiger partial charge in [-0.25, -0.2) is 18.0 Å². The standard InChI is InChI=1S/C23H26N2O8S/c1-31-20-8-7-18(14-19(20)21(26)25-9-5-4-6-10-25)34(29,30)24-17-12-15(22(27)32-2)11-16(13-17)23(28)33-3/h7-8,11-14,24H,4-6,9-10H2,1-3H3. The first-order valence-electron chi connectivity index (χ1n) is 10.5. The first kappa shape index (κ1) is 25.0. The molecule has 0 atom stereocenters. The molecule has 0 bridgehead atoms. The number of ether oxygens (including phenoxy) is 3. The molecule has 34 heavy (non-hydrogen) atoms. The summed E-state index contributed by atoms with van der Waals surface area (Å²) in [5.74, 6) is -1.57. The van der Waals surface area contributed by atoms with Crippen molar-refractivity contribution in [3.8, 4) is 5.75 Å². The maximum absolute atomic E-state index is 13.1. The summed E-state index contributed by atoms with van der Waals surface area (Å²) >= 11 is 0. The van der Waals surface area contributed by atoms with E-state index in [1.807, 2.05) is 0 Å². The van der Waals surface area contributed by atoms with Crippen molar-refractivity contribution in [3.05, 3.63) is 53.1 Å². The summed E-state index contributed by atoms with van der Waals surface area (Å²) in [6.45, 7) is 1.18. The lowest BCUT2D eigenvalue weighted by Gasteiger charge is -2.27. The van der Waals surface area contributed by atoms with Crippen LogP contribution in [0.25, 0.3) is 0 Å². The average Bonchev–Trinajstić information content (AvgIpc) is 2.86. The summed E-state index contributed by atoms with van der Waals surface area (Å²) in [4.78, 5) is 38.5. The van der Waals surface area contributed by atoms with Gasteiger partial charge in [-0.2, -0.15) is 0 Å². The minimum Gasteiger partial charge on any atom is -0.496 e. The highest BCUT2D eigenvalue weighted by Gasteiger charge is 2.25. The molecule has 1 aliphatic rings. The molecule has 0 unspecified atom stereocenters. The summed E-state index contributed by atoms with van der Waals surface area (Å²) in [7, 11) is -0.476. The molecule has 1 heterocycles. The normalized spacial score (nSPS) is 13.7. The smallest absolute Gasteiger partial charge is 0.337 e. The Morgan fingerprint density at radius 3 is 1.97 bits per heavy atom. The summed E-state index contributed by atoms with van der Waals surface area (Å²) < 4.78 is 43.3. The van der Waals surface area contributed by atoms with Crippen molar-refractivity contribution < 1.29 is 37.0 Å². The van der Waals surface area contributed by atoms with Crippen LogP contribution in [0.3, 0.4) is 0 Å². The molecule has 3 rings (SSSR count). The monoisotopic (exact) mass is 490 g/mol. The van der Waals surface area contributed by atoms with Gasteiger partial charge in [0.25, 0.3) is 15.9 Å². The SMILES string of the molecule is COC(=O)c1cc(NS(=O)(=O)c2ccc(OC)c(C(=O)N3CCCCC3)c2)cc(C(=O)OC)c1. The van der Waals surface area contributed by atoms with Gasteiger partial charge in [-0.05, 0) is 55.7 Å². The third kappa shape index (κ3) is 5.48. The molecule has 0 spiro atoms. The fourth-order valence-electron chi connectivity index (χ4n) is 3.66. The Hall–Kier alpha value is -3.60. The van der Waals surface area contributed by atoms with E-state index in [0.717, 1.165) is 33.5 Å². The number of benzene rings is 2. The van der Waals surface area contributed by atoms with Gasteiger partial charge in [-0.15, -0.1) is 0 Å². The number of sulfonamides is 1. The molecule has 0 radical (unpaired) electrons. The second-order valence-corrected chi connectivity index (χ2v) is 9.29. The van der Waals surface area contributed by atoms with Crippen molar-refractivity contribution in [1.29, 1.82) is 0 Å². The van der Waals surface area contributed by atoms with Crippen LogP contribution in [0, 0.1) is 0 Å². The van der Waals surface area contributed by atoms with Crippen molar-refractivity contribution in [2.45, 2.75) is 24.2 Å². The van der Waals surface area contributed by atoms with E-state index in [4.69, 9.17) is 4.74 Å². The predicted octanol–water partition coefficient (Wildman–Crippen LogP) is 2.70. The molecule has 1 amide bonds. The molecular formula is C23H26N2O8S. The van der Waals surface area contributed by atoms with Gasteiger partial charge in [-0.1, -0.05) is 0 Å². The van der Waals surface area contributed by atoms with Gasteiger partial charge in [0.15, 0.2) is 0 Å².